The molecule has 2 saturated heterocycles. The molecule has 4 heterocycles. The molecule has 4 rings (SSSR count). The molecule has 0 saturated carbocycles. The van der Waals surface area contributed by atoms with E-state index >= 15 is 0 Å². The fourth-order valence-electron chi connectivity index (χ4n) is 3.87. The maximum Gasteiger partial charge on any atom is 0.248 e. The van der Waals surface area contributed by atoms with Gasteiger partial charge in [-0.2, -0.15) is 4.98 Å². The Morgan fingerprint density at radius 2 is 2.00 bits per heavy atom. The second kappa shape index (κ2) is 8.43. The second-order valence-corrected chi connectivity index (χ2v) is 9.38. The summed E-state index contributed by atoms with van der Waals surface area (Å²) in [5.41, 5.74) is -0.202. The number of likely N-dealkylation sites (N-methyl/N-ethyl adjacent to an activating group) is 1. The number of piperazine rings is 1. The van der Waals surface area contributed by atoms with Crippen molar-refractivity contribution in [2.45, 2.75) is 44.8 Å². The third kappa shape index (κ3) is 4.80. The van der Waals surface area contributed by atoms with Crippen LogP contribution in [0.1, 0.15) is 33.0 Å². The minimum atomic E-state index is -0.611. The molecule has 2 aromatic heterocycles. The van der Waals surface area contributed by atoms with Gasteiger partial charge >= 0.3 is 0 Å². The average molecular weight is 430 g/mol. The summed E-state index contributed by atoms with van der Waals surface area (Å²) in [6, 6.07) is 2.97. The molecule has 168 valence electrons. The number of aliphatic hydroxyl groups excluding tert-OH is 1. The number of aliphatic hydroxyl groups is 1. The van der Waals surface area contributed by atoms with Crippen molar-refractivity contribution in [3.8, 4) is 0 Å². The van der Waals surface area contributed by atoms with Crippen LogP contribution in [0.3, 0.4) is 0 Å². The number of amides is 1. The molecule has 0 bridgehead atoms. The monoisotopic (exact) mass is 429 g/mol. The van der Waals surface area contributed by atoms with Crippen LogP contribution in [0.15, 0.2) is 22.9 Å². The minimum absolute atomic E-state index is 0.202. The van der Waals surface area contributed by atoms with Crippen LogP contribution in [0, 0.1) is 0 Å². The minimum Gasteiger partial charge on any atom is -0.391 e. The Kier molecular flexibility index (Phi) is 5.85. The molecule has 0 spiro atoms. The molecule has 10 nitrogen and oxygen atoms in total. The predicted molar refractivity (Wildman–Crippen MR) is 117 cm³/mol. The first-order chi connectivity index (χ1) is 14.7. The van der Waals surface area contributed by atoms with Gasteiger partial charge in [-0.1, -0.05) is 25.9 Å². The Balaban J connectivity index is 1.49. The van der Waals surface area contributed by atoms with Crippen LogP contribution >= 0.6 is 0 Å². The normalized spacial score (nSPS) is 22.7. The Labute approximate surface area is 182 Å². The Morgan fingerprint density at radius 1 is 1.26 bits per heavy atom. The number of hydrogen-bond donors (Lipinski definition) is 2. The van der Waals surface area contributed by atoms with Crippen LogP contribution in [-0.2, 0) is 10.2 Å². The number of aromatic nitrogens is 3. The zero-order valence-electron chi connectivity index (χ0n) is 18.6. The summed E-state index contributed by atoms with van der Waals surface area (Å²) in [5, 5.41) is 17.1. The molecule has 31 heavy (non-hydrogen) atoms. The smallest absolute Gasteiger partial charge is 0.248 e. The number of rotatable bonds is 4. The molecule has 0 aliphatic carbocycles. The lowest BCUT2D eigenvalue weighted by Gasteiger charge is -2.33. The highest BCUT2D eigenvalue weighted by molar-refractivity contribution is 5.96. The predicted octanol–water partition coefficient (Wildman–Crippen LogP) is 1.09. The first kappa shape index (κ1) is 21.5. The topological polar surface area (TPSA) is 111 Å². The van der Waals surface area contributed by atoms with Crippen LogP contribution < -0.4 is 15.1 Å². The molecular formula is C21H31N7O3. The van der Waals surface area contributed by atoms with E-state index in [0.29, 0.717) is 36.3 Å². The van der Waals surface area contributed by atoms with Crippen molar-refractivity contribution in [3.05, 3.63) is 24.1 Å². The van der Waals surface area contributed by atoms with E-state index in [-0.39, 0.29) is 11.3 Å². The Hall–Kier alpha value is -2.72. The van der Waals surface area contributed by atoms with Gasteiger partial charge in [0.2, 0.25) is 11.9 Å². The van der Waals surface area contributed by atoms with E-state index in [1.54, 1.807) is 18.3 Å². The molecule has 10 heteroatoms. The maximum absolute atomic E-state index is 13.0. The molecule has 0 unspecified atom stereocenters. The van der Waals surface area contributed by atoms with Gasteiger partial charge in [0, 0.05) is 56.8 Å². The molecule has 2 aromatic rings. The van der Waals surface area contributed by atoms with E-state index < -0.39 is 12.1 Å². The van der Waals surface area contributed by atoms with E-state index in [0.717, 1.165) is 26.2 Å². The van der Waals surface area contributed by atoms with E-state index in [1.807, 2.05) is 25.7 Å². The number of carbonyl (C=O) groups is 1. The van der Waals surface area contributed by atoms with Gasteiger partial charge in [0.1, 0.15) is 17.6 Å². The van der Waals surface area contributed by atoms with E-state index in [9.17, 15) is 9.90 Å². The molecule has 2 fully saturated rings. The summed E-state index contributed by atoms with van der Waals surface area (Å²) in [5.74, 6) is 2.11. The number of nitrogens with one attached hydrogen (secondary N) is 1. The van der Waals surface area contributed by atoms with Crippen LogP contribution in [0.25, 0.3) is 0 Å². The lowest BCUT2D eigenvalue weighted by Crippen LogP contribution is -2.45. The largest absolute Gasteiger partial charge is 0.391 e. The Morgan fingerprint density at radius 3 is 2.68 bits per heavy atom. The van der Waals surface area contributed by atoms with Gasteiger partial charge in [-0.05, 0) is 13.1 Å². The van der Waals surface area contributed by atoms with Gasteiger partial charge in [0.15, 0.2) is 5.82 Å². The van der Waals surface area contributed by atoms with Crippen molar-refractivity contribution in [1.29, 1.82) is 0 Å². The lowest BCUT2D eigenvalue weighted by molar-refractivity contribution is -0.117. The summed E-state index contributed by atoms with van der Waals surface area (Å²) in [6.07, 6.45) is 1.42. The van der Waals surface area contributed by atoms with Crippen molar-refractivity contribution >= 4 is 23.5 Å². The van der Waals surface area contributed by atoms with E-state index in [2.05, 4.69) is 32.3 Å². The summed E-state index contributed by atoms with van der Waals surface area (Å²) in [7, 11) is 2.10. The molecule has 2 aliphatic rings. The number of β-amino-alcohol motifs (C(OH)–C–C–N with tert-alkyl or cyclic N) is 1. The van der Waals surface area contributed by atoms with Crippen LogP contribution in [-0.4, -0.2) is 83.0 Å². The van der Waals surface area contributed by atoms with Gasteiger partial charge in [-0.3, -0.25) is 4.79 Å². The number of anilines is 3. The highest BCUT2D eigenvalue weighted by atomic mass is 16.5. The zero-order valence-corrected chi connectivity index (χ0v) is 18.6. The first-order valence-corrected chi connectivity index (χ1v) is 10.7. The molecule has 1 amide bonds. The average Bonchev–Trinajstić information content (AvgIpc) is 3.35. The van der Waals surface area contributed by atoms with Crippen molar-refractivity contribution in [3.63, 3.8) is 0 Å². The highest BCUT2D eigenvalue weighted by Crippen LogP contribution is 2.28. The molecule has 2 aliphatic heterocycles. The number of hydrogen-bond acceptors (Lipinski definition) is 9. The maximum atomic E-state index is 13.0. The summed E-state index contributed by atoms with van der Waals surface area (Å²) >= 11 is 0. The quantitative estimate of drug-likeness (QED) is 0.738. The fourth-order valence-corrected chi connectivity index (χ4v) is 3.87. The third-order valence-electron chi connectivity index (χ3n) is 5.79. The van der Waals surface area contributed by atoms with Crippen molar-refractivity contribution < 1.29 is 14.4 Å². The lowest BCUT2D eigenvalue weighted by atomic mass is 9.93. The van der Waals surface area contributed by atoms with Gasteiger partial charge in [-0.25, -0.2) is 4.98 Å². The Bertz CT molecular complexity index is 918. The SMILES string of the molecule is CN1CCN(c2nccc(N3C[C@H](O)C[C@H]3C(=O)Nc3cc(C(C)(C)C)on3)n2)CC1. The molecule has 2 N–H and O–H groups in total. The van der Waals surface area contributed by atoms with Gasteiger partial charge in [-0.15, -0.1) is 0 Å². The number of nitrogens with zero attached hydrogens (tertiary/aromatic N) is 6. The summed E-state index contributed by atoms with van der Waals surface area (Å²) in [4.78, 5) is 28.4. The number of carbonyl (C=O) groups excluding carboxylic acids is 1. The molecule has 2 atom stereocenters. The van der Waals surface area contributed by atoms with Gasteiger partial charge in [0.25, 0.3) is 0 Å². The molecule has 0 aromatic carbocycles. The summed E-state index contributed by atoms with van der Waals surface area (Å²) in [6.45, 7) is 10.0. The zero-order chi connectivity index (χ0) is 22.2. The highest BCUT2D eigenvalue weighted by Gasteiger charge is 2.37. The molecule has 0 radical (unpaired) electrons. The van der Waals surface area contributed by atoms with Crippen molar-refractivity contribution in [2.75, 3.05) is 54.9 Å². The van der Waals surface area contributed by atoms with Gasteiger partial charge in [0.05, 0.1) is 6.10 Å². The van der Waals surface area contributed by atoms with Crippen molar-refractivity contribution in [1.82, 2.24) is 20.0 Å². The third-order valence-corrected chi connectivity index (χ3v) is 5.79. The standard InChI is InChI=1S/C21H31N7O3/c1-21(2,3)16-12-17(25-31-16)23-19(30)15-11-14(29)13-28(15)18-5-6-22-20(24-18)27-9-7-26(4)8-10-27/h5-6,12,14-15,29H,7-11,13H2,1-4H3,(H,23,25,30)/t14-,15+/m1/s1. The summed E-state index contributed by atoms with van der Waals surface area (Å²) < 4.78 is 5.36. The van der Waals surface area contributed by atoms with E-state index in [4.69, 9.17) is 9.51 Å². The van der Waals surface area contributed by atoms with E-state index in [1.165, 1.54) is 0 Å². The van der Waals surface area contributed by atoms with Crippen LogP contribution in [0.4, 0.5) is 17.6 Å². The van der Waals surface area contributed by atoms with Crippen LogP contribution in [0.5, 0.6) is 0 Å². The van der Waals surface area contributed by atoms with Gasteiger partial charge < -0.3 is 29.6 Å². The second-order valence-electron chi connectivity index (χ2n) is 9.38. The molecular weight excluding hydrogens is 398 g/mol. The van der Waals surface area contributed by atoms with Crippen LogP contribution in [0.2, 0.25) is 0 Å². The first-order valence-electron chi connectivity index (χ1n) is 10.7. The van der Waals surface area contributed by atoms with Crippen molar-refractivity contribution in [2.24, 2.45) is 0 Å². The fraction of sp³-hybridized carbons (Fsp3) is 0.619.